The zero-order valence-corrected chi connectivity index (χ0v) is 10.6. The molecular weight excluding hydrogens is 228 g/mol. The number of nitrogens with two attached hydrogens (primary N) is 1. The van der Waals surface area contributed by atoms with E-state index in [1.165, 1.54) is 0 Å². The maximum absolute atomic E-state index is 12.3. The second-order valence-electron chi connectivity index (χ2n) is 4.23. The van der Waals surface area contributed by atoms with Gasteiger partial charge in [-0.05, 0) is 18.6 Å². The van der Waals surface area contributed by atoms with E-state index >= 15 is 0 Å². The summed E-state index contributed by atoms with van der Waals surface area (Å²) in [6.45, 7) is 3.76. The van der Waals surface area contributed by atoms with Crippen LogP contribution in [0.3, 0.4) is 0 Å². The highest BCUT2D eigenvalue weighted by molar-refractivity contribution is 5.96. The topological polar surface area (TPSA) is 59.5 Å². The van der Waals surface area contributed by atoms with Crippen LogP contribution in [0.4, 0.5) is 0 Å². The highest BCUT2D eigenvalue weighted by Crippen LogP contribution is 2.20. The van der Waals surface area contributed by atoms with Gasteiger partial charge in [0.2, 0.25) is 0 Å². The zero-order valence-electron chi connectivity index (χ0n) is 10.6. The van der Waals surface area contributed by atoms with Crippen LogP contribution in [0.15, 0.2) is 34.7 Å². The highest BCUT2D eigenvalue weighted by Gasteiger charge is 2.18. The van der Waals surface area contributed by atoms with Gasteiger partial charge in [0, 0.05) is 25.0 Å². The average Bonchev–Trinajstić information content (AvgIpc) is 2.81. The molecule has 0 radical (unpaired) electrons. The number of carbonyl (C=O) groups excluding carboxylic acids is 1. The van der Waals surface area contributed by atoms with Crippen molar-refractivity contribution in [1.82, 2.24) is 4.90 Å². The third-order valence-corrected chi connectivity index (χ3v) is 2.82. The Morgan fingerprint density at radius 3 is 2.78 bits per heavy atom. The molecule has 18 heavy (non-hydrogen) atoms. The molecule has 0 saturated heterocycles. The van der Waals surface area contributed by atoms with Crippen LogP contribution < -0.4 is 5.73 Å². The fraction of sp³-hybridized carbons (Fsp3) is 0.357. The summed E-state index contributed by atoms with van der Waals surface area (Å²) in [5.41, 5.74) is 6.27. The second-order valence-corrected chi connectivity index (χ2v) is 4.23. The largest absolute Gasteiger partial charge is 0.451 e. The number of hydrogen-bond acceptors (Lipinski definition) is 3. The van der Waals surface area contributed by atoms with Crippen molar-refractivity contribution >= 4 is 16.9 Å². The van der Waals surface area contributed by atoms with Gasteiger partial charge in [0.05, 0.1) is 0 Å². The summed E-state index contributed by atoms with van der Waals surface area (Å²) in [5, 5.41) is 0.949. The predicted octanol–water partition coefficient (Wildman–Crippen LogP) is 2.24. The van der Waals surface area contributed by atoms with Crippen LogP contribution in [0.5, 0.6) is 0 Å². The number of nitrogens with zero attached hydrogens (tertiary/aromatic N) is 1. The smallest absolute Gasteiger partial charge is 0.289 e. The fourth-order valence-corrected chi connectivity index (χ4v) is 1.98. The number of hydrogen-bond donors (Lipinski definition) is 1. The van der Waals surface area contributed by atoms with Crippen LogP contribution in [-0.2, 0) is 0 Å². The number of para-hydroxylation sites is 1. The van der Waals surface area contributed by atoms with E-state index in [9.17, 15) is 4.79 Å². The molecule has 1 amide bonds. The summed E-state index contributed by atoms with van der Waals surface area (Å²) in [4.78, 5) is 14.0. The fourth-order valence-electron chi connectivity index (χ4n) is 1.98. The molecule has 96 valence electrons. The summed E-state index contributed by atoms with van der Waals surface area (Å²) < 4.78 is 5.57. The Morgan fingerprint density at radius 1 is 1.33 bits per heavy atom. The molecule has 4 heteroatoms. The van der Waals surface area contributed by atoms with Crippen LogP contribution in [-0.4, -0.2) is 30.4 Å². The van der Waals surface area contributed by atoms with Crippen LogP contribution in [0.1, 0.15) is 23.9 Å². The molecule has 1 heterocycles. The van der Waals surface area contributed by atoms with Crippen molar-refractivity contribution in [2.24, 2.45) is 5.73 Å². The van der Waals surface area contributed by atoms with Gasteiger partial charge in [-0.3, -0.25) is 4.79 Å². The van der Waals surface area contributed by atoms with Crippen LogP contribution in [0.2, 0.25) is 0 Å². The Hall–Kier alpha value is -1.81. The van der Waals surface area contributed by atoms with Gasteiger partial charge in [-0.1, -0.05) is 25.1 Å². The van der Waals surface area contributed by atoms with Crippen molar-refractivity contribution in [3.05, 3.63) is 36.1 Å². The Bertz CT molecular complexity index is 494. The first-order chi connectivity index (χ1) is 8.76. The molecule has 0 atom stereocenters. The Labute approximate surface area is 106 Å². The monoisotopic (exact) mass is 246 g/mol. The lowest BCUT2D eigenvalue weighted by Gasteiger charge is -2.19. The molecule has 0 aliphatic heterocycles. The molecule has 2 aromatic rings. The molecule has 0 fully saturated rings. The maximum atomic E-state index is 12.3. The van der Waals surface area contributed by atoms with Crippen molar-refractivity contribution < 1.29 is 9.21 Å². The quantitative estimate of drug-likeness (QED) is 0.880. The maximum Gasteiger partial charge on any atom is 0.289 e. The van der Waals surface area contributed by atoms with E-state index in [4.69, 9.17) is 10.2 Å². The Kier molecular flexibility index (Phi) is 3.99. The third-order valence-electron chi connectivity index (χ3n) is 2.82. The van der Waals surface area contributed by atoms with E-state index in [0.717, 1.165) is 17.4 Å². The molecule has 2 N–H and O–H groups in total. The van der Waals surface area contributed by atoms with Crippen LogP contribution >= 0.6 is 0 Å². The van der Waals surface area contributed by atoms with Crippen molar-refractivity contribution in [1.29, 1.82) is 0 Å². The van der Waals surface area contributed by atoms with E-state index in [1.54, 1.807) is 11.0 Å². The predicted molar refractivity (Wildman–Crippen MR) is 71.5 cm³/mol. The highest BCUT2D eigenvalue weighted by atomic mass is 16.3. The standard InChI is InChI=1S/C14H18N2O2/c1-2-8-16(9-7-15)14(17)13-10-11-5-3-4-6-12(11)18-13/h3-6,10H,2,7-9,15H2,1H3. The molecular formula is C14H18N2O2. The van der Waals surface area contributed by atoms with Gasteiger partial charge in [0.25, 0.3) is 5.91 Å². The zero-order chi connectivity index (χ0) is 13.0. The number of rotatable bonds is 5. The number of carbonyl (C=O) groups is 1. The lowest BCUT2D eigenvalue weighted by atomic mass is 10.2. The lowest BCUT2D eigenvalue weighted by Crippen LogP contribution is -2.35. The molecule has 2 rings (SSSR count). The molecule has 1 aromatic heterocycles. The van der Waals surface area contributed by atoms with Crippen LogP contribution in [0.25, 0.3) is 11.0 Å². The molecule has 0 aliphatic carbocycles. The van der Waals surface area contributed by atoms with Gasteiger partial charge < -0.3 is 15.1 Å². The SMILES string of the molecule is CCCN(CCN)C(=O)c1cc2ccccc2o1. The summed E-state index contributed by atoms with van der Waals surface area (Å²) >= 11 is 0. The van der Waals surface area contributed by atoms with Crippen molar-refractivity contribution in [3.63, 3.8) is 0 Å². The molecule has 0 unspecified atom stereocenters. The first-order valence-electron chi connectivity index (χ1n) is 6.24. The van der Waals surface area contributed by atoms with Gasteiger partial charge in [0.15, 0.2) is 5.76 Å². The summed E-state index contributed by atoms with van der Waals surface area (Å²) in [6, 6.07) is 9.40. The first kappa shape index (κ1) is 12.6. The third kappa shape index (κ3) is 2.54. The van der Waals surface area contributed by atoms with E-state index < -0.39 is 0 Å². The van der Waals surface area contributed by atoms with Gasteiger partial charge in [-0.15, -0.1) is 0 Å². The first-order valence-corrected chi connectivity index (χ1v) is 6.24. The van der Waals surface area contributed by atoms with E-state index in [2.05, 4.69) is 0 Å². The van der Waals surface area contributed by atoms with Crippen LogP contribution in [0, 0.1) is 0 Å². The normalized spacial score (nSPS) is 10.8. The number of amides is 1. The minimum absolute atomic E-state index is 0.0847. The van der Waals surface area contributed by atoms with E-state index in [0.29, 0.717) is 25.4 Å². The van der Waals surface area contributed by atoms with Crippen molar-refractivity contribution in [3.8, 4) is 0 Å². The summed E-state index contributed by atoms with van der Waals surface area (Å²) in [6.07, 6.45) is 0.909. The van der Waals surface area contributed by atoms with Gasteiger partial charge >= 0.3 is 0 Å². The van der Waals surface area contributed by atoms with Crippen molar-refractivity contribution in [2.45, 2.75) is 13.3 Å². The van der Waals surface area contributed by atoms with Gasteiger partial charge in [-0.2, -0.15) is 0 Å². The molecule has 1 aromatic carbocycles. The van der Waals surface area contributed by atoms with E-state index in [-0.39, 0.29) is 5.91 Å². The molecule has 0 bridgehead atoms. The van der Waals surface area contributed by atoms with Gasteiger partial charge in [0.1, 0.15) is 5.58 Å². The average molecular weight is 246 g/mol. The number of benzene rings is 1. The summed E-state index contributed by atoms with van der Waals surface area (Å²) in [7, 11) is 0. The minimum Gasteiger partial charge on any atom is -0.451 e. The Morgan fingerprint density at radius 2 is 2.11 bits per heavy atom. The lowest BCUT2D eigenvalue weighted by molar-refractivity contribution is 0.0731. The number of fused-ring (bicyclic) bond motifs is 1. The molecule has 0 saturated carbocycles. The molecule has 0 aliphatic rings. The van der Waals surface area contributed by atoms with Gasteiger partial charge in [-0.25, -0.2) is 0 Å². The molecule has 4 nitrogen and oxygen atoms in total. The Balaban J connectivity index is 2.25. The second kappa shape index (κ2) is 5.69. The van der Waals surface area contributed by atoms with Crippen molar-refractivity contribution in [2.75, 3.05) is 19.6 Å². The molecule has 0 spiro atoms. The minimum atomic E-state index is -0.0847. The van der Waals surface area contributed by atoms with E-state index in [1.807, 2.05) is 31.2 Å². The summed E-state index contributed by atoms with van der Waals surface area (Å²) in [5.74, 6) is 0.302. The number of furan rings is 1.